The topological polar surface area (TPSA) is 46.2 Å². The van der Waals surface area contributed by atoms with E-state index in [4.69, 9.17) is 0 Å². The molecule has 0 heterocycles. The minimum atomic E-state index is -0.203. The zero-order chi connectivity index (χ0) is 15.9. The van der Waals surface area contributed by atoms with Crippen molar-refractivity contribution in [1.29, 1.82) is 0 Å². The first-order valence-corrected chi connectivity index (χ1v) is 7.59. The van der Waals surface area contributed by atoms with Crippen molar-refractivity contribution in [3.8, 4) is 0 Å². The lowest BCUT2D eigenvalue weighted by Gasteiger charge is -2.17. The Labute approximate surface area is 131 Å². The maximum Gasteiger partial charge on any atom is 0.231 e. The van der Waals surface area contributed by atoms with Gasteiger partial charge in [-0.2, -0.15) is 0 Å². The van der Waals surface area contributed by atoms with Crippen LogP contribution in [0.15, 0.2) is 54.6 Å². The van der Waals surface area contributed by atoms with E-state index < -0.39 is 0 Å². The number of carbonyl (C=O) groups excluding carboxylic acids is 2. The monoisotopic (exact) mass is 295 g/mol. The van der Waals surface area contributed by atoms with Crippen molar-refractivity contribution in [1.82, 2.24) is 0 Å². The van der Waals surface area contributed by atoms with Crippen LogP contribution in [0.5, 0.6) is 0 Å². The summed E-state index contributed by atoms with van der Waals surface area (Å²) in [5, 5.41) is 2.92. The van der Waals surface area contributed by atoms with Gasteiger partial charge in [0.25, 0.3) is 0 Å². The third-order valence-corrected chi connectivity index (χ3v) is 3.66. The van der Waals surface area contributed by atoms with Gasteiger partial charge in [-0.1, -0.05) is 55.8 Å². The van der Waals surface area contributed by atoms with Crippen LogP contribution in [0.4, 0.5) is 5.69 Å². The van der Waals surface area contributed by atoms with Crippen LogP contribution in [0.1, 0.15) is 48.5 Å². The first-order valence-electron chi connectivity index (χ1n) is 7.59. The molecular weight excluding hydrogens is 274 g/mol. The van der Waals surface area contributed by atoms with Gasteiger partial charge in [0.05, 0.1) is 11.6 Å². The standard InChI is InChI=1S/C19H21NO2/c1-3-9-17(15-10-5-4-6-11-15)19(22)20-18-13-8-7-12-16(18)14(2)21/h4-8,10-13,17H,3,9H2,1-2H3,(H,20,22). The molecule has 3 nitrogen and oxygen atoms in total. The molecule has 0 aliphatic heterocycles. The Bertz CT molecular complexity index is 649. The number of ketones is 1. The zero-order valence-corrected chi connectivity index (χ0v) is 13.0. The molecule has 0 aliphatic rings. The second-order valence-electron chi connectivity index (χ2n) is 5.34. The normalized spacial score (nSPS) is 11.7. The molecule has 0 spiro atoms. The van der Waals surface area contributed by atoms with E-state index in [0.717, 1.165) is 18.4 Å². The lowest BCUT2D eigenvalue weighted by atomic mass is 9.93. The van der Waals surface area contributed by atoms with E-state index in [1.54, 1.807) is 18.2 Å². The van der Waals surface area contributed by atoms with Crippen molar-refractivity contribution in [2.45, 2.75) is 32.6 Å². The molecule has 0 radical (unpaired) electrons. The van der Waals surface area contributed by atoms with Gasteiger partial charge in [-0.25, -0.2) is 0 Å². The van der Waals surface area contributed by atoms with Gasteiger partial charge in [-0.05, 0) is 31.0 Å². The van der Waals surface area contributed by atoms with Crippen LogP contribution < -0.4 is 5.32 Å². The molecule has 22 heavy (non-hydrogen) atoms. The molecule has 0 fully saturated rings. The largest absolute Gasteiger partial charge is 0.325 e. The third kappa shape index (κ3) is 3.82. The van der Waals surface area contributed by atoms with E-state index >= 15 is 0 Å². The van der Waals surface area contributed by atoms with Crippen molar-refractivity contribution in [2.75, 3.05) is 5.32 Å². The van der Waals surface area contributed by atoms with Crippen LogP contribution in [0.2, 0.25) is 0 Å². The summed E-state index contributed by atoms with van der Waals surface area (Å²) in [5.41, 5.74) is 2.12. The fourth-order valence-electron chi connectivity index (χ4n) is 2.54. The SMILES string of the molecule is CCCC(C(=O)Nc1ccccc1C(C)=O)c1ccccc1. The molecule has 0 saturated carbocycles. The number of hydrogen-bond donors (Lipinski definition) is 1. The molecule has 1 unspecified atom stereocenters. The van der Waals surface area contributed by atoms with E-state index in [9.17, 15) is 9.59 Å². The van der Waals surface area contributed by atoms with Crippen LogP contribution in [-0.2, 0) is 4.79 Å². The van der Waals surface area contributed by atoms with Gasteiger partial charge in [-0.3, -0.25) is 9.59 Å². The number of benzene rings is 2. The lowest BCUT2D eigenvalue weighted by Crippen LogP contribution is -2.22. The summed E-state index contributed by atoms with van der Waals surface area (Å²) >= 11 is 0. The van der Waals surface area contributed by atoms with Gasteiger partial charge in [0.1, 0.15) is 0 Å². The van der Waals surface area contributed by atoms with Crippen molar-refractivity contribution < 1.29 is 9.59 Å². The lowest BCUT2D eigenvalue weighted by molar-refractivity contribution is -0.117. The molecule has 1 atom stereocenters. The van der Waals surface area contributed by atoms with Crippen molar-refractivity contribution >= 4 is 17.4 Å². The van der Waals surface area contributed by atoms with Gasteiger partial charge >= 0.3 is 0 Å². The van der Waals surface area contributed by atoms with Crippen molar-refractivity contribution in [3.05, 3.63) is 65.7 Å². The van der Waals surface area contributed by atoms with Gasteiger partial charge in [0.15, 0.2) is 5.78 Å². The average Bonchev–Trinajstić information content (AvgIpc) is 2.53. The van der Waals surface area contributed by atoms with Gasteiger partial charge in [0.2, 0.25) is 5.91 Å². The van der Waals surface area contributed by atoms with Crippen LogP contribution in [0.25, 0.3) is 0 Å². The van der Waals surface area contributed by atoms with E-state index in [0.29, 0.717) is 11.3 Å². The van der Waals surface area contributed by atoms with Crippen LogP contribution in [0, 0.1) is 0 Å². The number of hydrogen-bond acceptors (Lipinski definition) is 2. The molecule has 2 aromatic rings. The Kier molecular flexibility index (Phi) is 5.48. The highest BCUT2D eigenvalue weighted by atomic mass is 16.2. The van der Waals surface area contributed by atoms with Gasteiger partial charge in [-0.15, -0.1) is 0 Å². The maximum atomic E-state index is 12.7. The fraction of sp³-hybridized carbons (Fsp3) is 0.263. The molecule has 0 saturated heterocycles. The molecule has 3 heteroatoms. The predicted molar refractivity (Wildman–Crippen MR) is 89.2 cm³/mol. The molecule has 2 aromatic carbocycles. The quantitative estimate of drug-likeness (QED) is 0.802. The minimum absolute atomic E-state index is 0.0531. The maximum absolute atomic E-state index is 12.7. The predicted octanol–water partition coefficient (Wildman–Crippen LogP) is 4.41. The average molecular weight is 295 g/mol. The van der Waals surface area contributed by atoms with Crippen LogP contribution in [-0.4, -0.2) is 11.7 Å². The molecule has 1 N–H and O–H groups in total. The second kappa shape index (κ2) is 7.55. The highest BCUT2D eigenvalue weighted by Crippen LogP contribution is 2.24. The molecule has 1 amide bonds. The molecule has 0 aliphatic carbocycles. The Morgan fingerprint density at radius 3 is 2.27 bits per heavy atom. The number of anilines is 1. The summed E-state index contributed by atoms with van der Waals surface area (Å²) < 4.78 is 0. The molecule has 114 valence electrons. The third-order valence-electron chi connectivity index (χ3n) is 3.66. The number of carbonyl (C=O) groups is 2. The highest BCUT2D eigenvalue weighted by Gasteiger charge is 2.20. The first-order chi connectivity index (χ1) is 10.6. The van der Waals surface area contributed by atoms with Crippen molar-refractivity contribution in [3.63, 3.8) is 0 Å². The number of nitrogens with one attached hydrogen (secondary N) is 1. The van der Waals surface area contributed by atoms with Crippen LogP contribution >= 0.6 is 0 Å². The van der Waals surface area contributed by atoms with Gasteiger partial charge in [0, 0.05) is 5.56 Å². The Morgan fingerprint density at radius 2 is 1.64 bits per heavy atom. The second-order valence-corrected chi connectivity index (χ2v) is 5.34. The number of rotatable bonds is 6. The molecular formula is C19H21NO2. The van der Waals surface area contributed by atoms with Gasteiger partial charge < -0.3 is 5.32 Å². The smallest absolute Gasteiger partial charge is 0.231 e. The number of para-hydroxylation sites is 1. The molecule has 0 bridgehead atoms. The first kappa shape index (κ1) is 16.0. The summed E-state index contributed by atoms with van der Waals surface area (Å²) in [5.74, 6) is -0.324. The Hall–Kier alpha value is -2.42. The summed E-state index contributed by atoms with van der Waals surface area (Å²) in [6.07, 6.45) is 1.69. The van der Waals surface area contributed by atoms with E-state index in [1.165, 1.54) is 6.92 Å². The molecule has 2 rings (SSSR count). The Balaban J connectivity index is 2.24. The summed E-state index contributed by atoms with van der Waals surface area (Å²) in [6, 6.07) is 16.9. The fourth-order valence-corrected chi connectivity index (χ4v) is 2.54. The summed E-state index contributed by atoms with van der Waals surface area (Å²) in [4.78, 5) is 24.3. The van der Waals surface area contributed by atoms with E-state index in [2.05, 4.69) is 12.2 Å². The summed E-state index contributed by atoms with van der Waals surface area (Å²) in [6.45, 7) is 3.57. The van der Waals surface area contributed by atoms with Crippen LogP contribution in [0.3, 0.4) is 0 Å². The minimum Gasteiger partial charge on any atom is -0.325 e. The van der Waals surface area contributed by atoms with E-state index in [-0.39, 0.29) is 17.6 Å². The number of amides is 1. The summed E-state index contributed by atoms with van der Waals surface area (Å²) in [7, 11) is 0. The zero-order valence-electron chi connectivity index (χ0n) is 13.0. The Morgan fingerprint density at radius 1 is 1.00 bits per heavy atom. The van der Waals surface area contributed by atoms with Crippen molar-refractivity contribution in [2.24, 2.45) is 0 Å². The highest BCUT2D eigenvalue weighted by molar-refractivity contribution is 6.05. The van der Waals surface area contributed by atoms with E-state index in [1.807, 2.05) is 36.4 Å². The number of Topliss-reactive ketones (excluding diaryl/α,β-unsaturated/α-hetero) is 1. The molecule has 0 aromatic heterocycles.